The number of hydrogen-bond donors (Lipinski definition) is 1. The average molecular weight is 248 g/mol. The van der Waals surface area contributed by atoms with Crippen LogP contribution in [-0.2, 0) is 13.6 Å². The van der Waals surface area contributed by atoms with E-state index in [1.54, 1.807) is 0 Å². The maximum absolute atomic E-state index is 3.74. The van der Waals surface area contributed by atoms with Crippen LogP contribution in [-0.4, -0.2) is 10.6 Å². The number of nitrogens with zero attached hydrogens (tertiary/aromatic N) is 1. The largest absolute Gasteiger partial charge is 0.352 e. The third kappa shape index (κ3) is 2.97. The van der Waals surface area contributed by atoms with Crippen molar-refractivity contribution in [3.63, 3.8) is 0 Å². The van der Waals surface area contributed by atoms with E-state index in [-0.39, 0.29) is 0 Å². The second kappa shape index (κ2) is 5.92. The molecule has 0 aromatic carbocycles. The summed E-state index contributed by atoms with van der Waals surface area (Å²) in [5.74, 6) is 0.892. The van der Waals surface area contributed by atoms with Crippen molar-refractivity contribution >= 4 is 0 Å². The van der Waals surface area contributed by atoms with Crippen LogP contribution in [0, 0.1) is 19.8 Å². The zero-order valence-corrected chi connectivity index (χ0v) is 12.4. The summed E-state index contributed by atoms with van der Waals surface area (Å²) in [6.07, 6.45) is 7.14. The number of aromatic nitrogens is 1. The van der Waals surface area contributed by atoms with Gasteiger partial charge in [0.1, 0.15) is 0 Å². The van der Waals surface area contributed by atoms with Crippen LogP contribution in [0.25, 0.3) is 0 Å². The Morgan fingerprint density at radius 1 is 1.28 bits per heavy atom. The third-order valence-electron chi connectivity index (χ3n) is 4.85. The minimum Gasteiger partial charge on any atom is -0.352 e. The summed E-state index contributed by atoms with van der Waals surface area (Å²) in [7, 11) is 2.15. The van der Waals surface area contributed by atoms with E-state index >= 15 is 0 Å². The fourth-order valence-corrected chi connectivity index (χ4v) is 3.18. The standard InChI is InChI=1S/C16H28N2/c1-12-10-16(14(3)18(12)4)11-17-13(2)15-8-6-5-7-9-15/h10,13,15,17H,5-9,11H2,1-4H3/t13-/m0/s1. The minimum absolute atomic E-state index is 0.658. The first-order valence-electron chi connectivity index (χ1n) is 7.44. The van der Waals surface area contributed by atoms with Crippen molar-refractivity contribution < 1.29 is 0 Å². The summed E-state index contributed by atoms with van der Waals surface area (Å²) in [5.41, 5.74) is 4.21. The van der Waals surface area contributed by atoms with E-state index < -0.39 is 0 Å². The van der Waals surface area contributed by atoms with Gasteiger partial charge in [-0.05, 0) is 51.2 Å². The molecule has 1 fully saturated rings. The summed E-state index contributed by atoms with van der Waals surface area (Å²) >= 11 is 0. The average Bonchev–Trinajstić information content (AvgIpc) is 2.64. The van der Waals surface area contributed by atoms with Gasteiger partial charge in [0.25, 0.3) is 0 Å². The molecule has 1 aromatic rings. The Morgan fingerprint density at radius 3 is 2.50 bits per heavy atom. The first-order chi connectivity index (χ1) is 8.59. The van der Waals surface area contributed by atoms with Gasteiger partial charge in [-0.3, -0.25) is 0 Å². The molecule has 0 spiro atoms. The summed E-state index contributed by atoms with van der Waals surface area (Å²) in [6.45, 7) is 7.78. The highest BCUT2D eigenvalue weighted by molar-refractivity contribution is 5.26. The Balaban J connectivity index is 1.88. The number of hydrogen-bond acceptors (Lipinski definition) is 1. The van der Waals surface area contributed by atoms with Gasteiger partial charge in [-0.15, -0.1) is 0 Å². The second-order valence-electron chi connectivity index (χ2n) is 6.02. The molecule has 0 aliphatic heterocycles. The van der Waals surface area contributed by atoms with Crippen LogP contribution in [0.3, 0.4) is 0 Å². The lowest BCUT2D eigenvalue weighted by Crippen LogP contribution is -2.34. The molecule has 0 bridgehead atoms. The number of aryl methyl sites for hydroxylation is 1. The fourth-order valence-electron chi connectivity index (χ4n) is 3.18. The van der Waals surface area contributed by atoms with Crippen molar-refractivity contribution in [2.45, 2.75) is 65.5 Å². The second-order valence-corrected chi connectivity index (χ2v) is 6.02. The van der Waals surface area contributed by atoms with Crippen molar-refractivity contribution in [1.29, 1.82) is 0 Å². The monoisotopic (exact) mass is 248 g/mol. The molecule has 0 unspecified atom stereocenters. The lowest BCUT2D eigenvalue weighted by Gasteiger charge is -2.28. The van der Waals surface area contributed by atoms with Crippen molar-refractivity contribution in [3.05, 3.63) is 23.0 Å². The molecule has 0 amide bonds. The van der Waals surface area contributed by atoms with Crippen molar-refractivity contribution in [3.8, 4) is 0 Å². The quantitative estimate of drug-likeness (QED) is 0.859. The van der Waals surface area contributed by atoms with Gasteiger partial charge in [0.2, 0.25) is 0 Å². The zero-order valence-electron chi connectivity index (χ0n) is 12.4. The van der Waals surface area contributed by atoms with E-state index in [1.807, 2.05) is 0 Å². The van der Waals surface area contributed by atoms with E-state index in [4.69, 9.17) is 0 Å². The molecule has 0 radical (unpaired) electrons. The van der Waals surface area contributed by atoms with Gasteiger partial charge < -0.3 is 9.88 Å². The highest BCUT2D eigenvalue weighted by Crippen LogP contribution is 2.26. The molecule has 1 heterocycles. The summed E-state index contributed by atoms with van der Waals surface area (Å²) in [4.78, 5) is 0. The van der Waals surface area contributed by atoms with Crippen molar-refractivity contribution in [2.75, 3.05) is 0 Å². The number of rotatable bonds is 4. The predicted octanol–water partition coefficient (Wildman–Crippen LogP) is 3.70. The molecule has 1 aliphatic rings. The molecule has 0 saturated heterocycles. The van der Waals surface area contributed by atoms with Crippen LogP contribution >= 0.6 is 0 Å². The molecule has 1 aromatic heterocycles. The van der Waals surface area contributed by atoms with Crippen LogP contribution in [0.2, 0.25) is 0 Å². The van der Waals surface area contributed by atoms with Crippen LogP contribution in [0.4, 0.5) is 0 Å². The van der Waals surface area contributed by atoms with E-state index in [0.717, 1.165) is 12.5 Å². The molecule has 1 atom stereocenters. The van der Waals surface area contributed by atoms with Gasteiger partial charge in [-0.2, -0.15) is 0 Å². The molecule has 2 rings (SSSR count). The Bertz CT molecular complexity index is 386. The molecule has 2 nitrogen and oxygen atoms in total. The van der Waals surface area contributed by atoms with Gasteiger partial charge in [0, 0.05) is 31.0 Å². The van der Waals surface area contributed by atoms with Gasteiger partial charge >= 0.3 is 0 Å². The fraction of sp³-hybridized carbons (Fsp3) is 0.750. The lowest BCUT2D eigenvalue weighted by atomic mass is 9.84. The molecule has 1 N–H and O–H groups in total. The first kappa shape index (κ1) is 13.7. The Kier molecular flexibility index (Phi) is 4.50. The SMILES string of the molecule is Cc1cc(CN[C@@H](C)C2CCCCC2)c(C)n1C. The molecule has 2 heteroatoms. The Hall–Kier alpha value is -0.760. The molecule has 18 heavy (non-hydrogen) atoms. The normalized spacial score (nSPS) is 19.1. The first-order valence-corrected chi connectivity index (χ1v) is 7.44. The van der Waals surface area contributed by atoms with Gasteiger partial charge in [0.15, 0.2) is 0 Å². The van der Waals surface area contributed by atoms with Crippen LogP contribution in [0.5, 0.6) is 0 Å². The van der Waals surface area contributed by atoms with E-state index in [1.165, 1.54) is 49.1 Å². The lowest BCUT2D eigenvalue weighted by molar-refractivity contribution is 0.280. The van der Waals surface area contributed by atoms with Crippen LogP contribution in [0.1, 0.15) is 56.0 Å². The van der Waals surface area contributed by atoms with Crippen molar-refractivity contribution in [1.82, 2.24) is 9.88 Å². The highest BCUT2D eigenvalue weighted by atomic mass is 15.0. The summed E-state index contributed by atoms with van der Waals surface area (Å²) in [6, 6.07) is 2.97. The third-order valence-corrected chi connectivity index (χ3v) is 4.85. The molecule has 1 aliphatic carbocycles. The summed E-state index contributed by atoms with van der Waals surface area (Å²) < 4.78 is 2.28. The van der Waals surface area contributed by atoms with Gasteiger partial charge in [0.05, 0.1) is 0 Å². The highest BCUT2D eigenvalue weighted by Gasteiger charge is 2.19. The van der Waals surface area contributed by atoms with Gasteiger partial charge in [-0.1, -0.05) is 19.3 Å². The van der Waals surface area contributed by atoms with Crippen LogP contribution < -0.4 is 5.32 Å². The molecular weight excluding hydrogens is 220 g/mol. The molecular formula is C16H28N2. The smallest absolute Gasteiger partial charge is 0.0225 e. The van der Waals surface area contributed by atoms with E-state index in [2.05, 4.69) is 43.8 Å². The van der Waals surface area contributed by atoms with Crippen LogP contribution in [0.15, 0.2) is 6.07 Å². The topological polar surface area (TPSA) is 17.0 Å². The van der Waals surface area contributed by atoms with Crippen molar-refractivity contribution in [2.24, 2.45) is 13.0 Å². The molecule has 102 valence electrons. The van der Waals surface area contributed by atoms with Gasteiger partial charge in [-0.25, -0.2) is 0 Å². The zero-order chi connectivity index (χ0) is 13.1. The summed E-state index contributed by atoms with van der Waals surface area (Å²) in [5, 5.41) is 3.74. The number of nitrogens with one attached hydrogen (secondary N) is 1. The van der Waals surface area contributed by atoms with E-state index in [9.17, 15) is 0 Å². The van der Waals surface area contributed by atoms with E-state index in [0.29, 0.717) is 6.04 Å². The Labute approximate surface area is 112 Å². The predicted molar refractivity (Wildman–Crippen MR) is 77.8 cm³/mol. The molecule has 1 saturated carbocycles. The minimum atomic E-state index is 0.658. The maximum atomic E-state index is 3.74. The Morgan fingerprint density at radius 2 is 1.94 bits per heavy atom. The maximum Gasteiger partial charge on any atom is 0.0225 e.